The van der Waals surface area contributed by atoms with Crippen molar-refractivity contribution in [3.05, 3.63) is 87.3 Å². The summed E-state index contributed by atoms with van der Waals surface area (Å²) >= 11 is 12.4. The number of ether oxygens (including phenoxy) is 1. The molecule has 0 radical (unpaired) electrons. The average molecular weight is 586 g/mol. The number of amides is 1. The fourth-order valence-electron chi connectivity index (χ4n) is 5.04. The number of carbonyl (C=O) groups is 1. The monoisotopic (exact) mass is 585 g/mol. The number of nitrogens with zero attached hydrogens (tertiary/aromatic N) is 2. The summed E-state index contributed by atoms with van der Waals surface area (Å²) < 4.78 is 7.11. The molecule has 11 heteroatoms. The molecular weight excluding hydrogens is 557 g/mol. The Morgan fingerprint density at radius 2 is 1.82 bits per heavy atom. The second kappa shape index (κ2) is 11.5. The number of hydrogen-bond donors (Lipinski definition) is 5. The first-order chi connectivity index (χ1) is 19.1. The maximum absolute atomic E-state index is 13.5. The molecule has 5 rings (SSSR count). The predicted octanol–water partition coefficient (Wildman–Crippen LogP) is 3.20. The van der Waals surface area contributed by atoms with E-state index >= 15 is 0 Å². The minimum Gasteiger partial charge on any atom is -0.394 e. The first-order valence-corrected chi connectivity index (χ1v) is 13.5. The highest BCUT2D eigenvalue weighted by atomic mass is 35.5. The Labute approximate surface area is 240 Å². The topological polar surface area (TPSA) is 137 Å². The smallest absolute Gasteiger partial charge is 0.253 e. The van der Waals surface area contributed by atoms with Gasteiger partial charge in [0, 0.05) is 35.5 Å². The van der Waals surface area contributed by atoms with Crippen molar-refractivity contribution in [3.63, 3.8) is 0 Å². The second-order valence-corrected chi connectivity index (χ2v) is 10.8. The van der Waals surface area contributed by atoms with Gasteiger partial charge in [0.25, 0.3) is 5.91 Å². The minimum atomic E-state index is -1.63. The first-order valence-electron chi connectivity index (χ1n) is 12.7. The van der Waals surface area contributed by atoms with Gasteiger partial charge in [-0.15, -0.1) is 0 Å². The van der Waals surface area contributed by atoms with Crippen LogP contribution in [0.1, 0.15) is 27.2 Å². The number of aryl methyl sites for hydroxylation is 1. The molecule has 2 aromatic carbocycles. The largest absolute Gasteiger partial charge is 0.394 e. The average Bonchev–Trinajstić information content (AvgIpc) is 3.29. The van der Waals surface area contributed by atoms with Crippen LogP contribution in [-0.4, -0.2) is 73.1 Å². The van der Waals surface area contributed by atoms with Crippen molar-refractivity contribution in [3.8, 4) is 11.1 Å². The van der Waals surface area contributed by atoms with Crippen molar-refractivity contribution in [2.75, 3.05) is 6.61 Å². The van der Waals surface area contributed by atoms with E-state index in [0.29, 0.717) is 27.5 Å². The van der Waals surface area contributed by atoms with Crippen molar-refractivity contribution >= 4 is 40.0 Å². The van der Waals surface area contributed by atoms with Gasteiger partial charge in [0.05, 0.1) is 22.2 Å². The SMILES string of the molecule is Cc1nccc(-c2ccc3c(C(=O)N[C@H]4C(O)OC(CO)[C@@H](O)[C@@H]4O)cn(Cc4ccc(Cl)c(Cl)c4)c3c2)c1C. The Morgan fingerprint density at radius 3 is 2.55 bits per heavy atom. The Balaban J connectivity index is 1.55. The zero-order chi connectivity index (χ0) is 28.7. The number of pyridine rings is 1. The molecule has 2 aromatic heterocycles. The summed E-state index contributed by atoms with van der Waals surface area (Å²) in [6.45, 7) is 3.74. The molecule has 210 valence electrons. The van der Waals surface area contributed by atoms with Crippen molar-refractivity contribution in [1.29, 1.82) is 0 Å². The van der Waals surface area contributed by atoms with Gasteiger partial charge in [-0.3, -0.25) is 9.78 Å². The van der Waals surface area contributed by atoms with Crippen LogP contribution in [0.5, 0.6) is 0 Å². The lowest BCUT2D eigenvalue weighted by atomic mass is 9.96. The summed E-state index contributed by atoms with van der Waals surface area (Å²) in [7, 11) is 0. The molecule has 0 saturated carbocycles. The van der Waals surface area contributed by atoms with Crippen LogP contribution in [-0.2, 0) is 11.3 Å². The van der Waals surface area contributed by atoms with E-state index in [1.165, 1.54) is 0 Å². The zero-order valence-corrected chi connectivity index (χ0v) is 23.3. The molecule has 1 saturated heterocycles. The van der Waals surface area contributed by atoms with Crippen molar-refractivity contribution < 1.29 is 30.0 Å². The van der Waals surface area contributed by atoms with E-state index in [-0.39, 0.29) is 0 Å². The third-order valence-electron chi connectivity index (χ3n) is 7.43. The van der Waals surface area contributed by atoms with Gasteiger partial charge in [-0.1, -0.05) is 41.4 Å². The van der Waals surface area contributed by atoms with Crippen LogP contribution < -0.4 is 5.32 Å². The second-order valence-electron chi connectivity index (χ2n) is 9.95. The van der Waals surface area contributed by atoms with Crippen molar-refractivity contribution in [1.82, 2.24) is 14.9 Å². The number of aliphatic hydroxyl groups is 4. The van der Waals surface area contributed by atoms with E-state index in [9.17, 15) is 25.2 Å². The standard InChI is InChI=1S/C29H29Cl2N3O6/c1-14-15(2)32-8-7-18(14)17-4-5-19-20(28(38)33-25-27(37)26(36)24(13-35)40-29(25)39)12-34(23(19)10-17)11-16-3-6-21(30)22(31)9-16/h3-10,12,24-27,29,35-37,39H,11,13H2,1-2H3,(H,33,38)/t24?,25-,26-,27-,29?/m1/s1. The summed E-state index contributed by atoms with van der Waals surface area (Å²) in [5, 5.41) is 44.6. The number of rotatable bonds is 6. The molecule has 3 heterocycles. The minimum absolute atomic E-state index is 0.294. The van der Waals surface area contributed by atoms with Crippen molar-refractivity contribution in [2.45, 2.75) is 51.0 Å². The van der Waals surface area contributed by atoms with Gasteiger partial charge in [0.2, 0.25) is 0 Å². The van der Waals surface area contributed by atoms with E-state index in [2.05, 4.69) is 10.3 Å². The summed E-state index contributed by atoms with van der Waals surface area (Å²) in [6, 6.07) is 11.7. The third-order valence-corrected chi connectivity index (χ3v) is 8.17. The number of nitrogens with one attached hydrogen (secondary N) is 1. The molecule has 0 aliphatic carbocycles. The number of halogens is 2. The Hall–Kier alpha value is -3.02. The van der Waals surface area contributed by atoms with E-state index in [1.807, 2.05) is 48.7 Å². The third kappa shape index (κ3) is 5.34. The lowest BCUT2D eigenvalue weighted by Crippen LogP contribution is -2.64. The molecule has 5 N–H and O–H groups in total. The van der Waals surface area contributed by atoms with Gasteiger partial charge in [-0.2, -0.15) is 0 Å². The highest BCUT2D eigenvalue weighted by Crippen LogP contribution is 2.32. The van der Waals surface area contributed by atoms with Gasteiger partial charge >= 0.3 is 0 Å². The molecule has 0 spiro atoms. The van der Waals surface area contributed by atoms with Gasteiger partial charge in [0.15, 0.2) is 6.29 Å². The quantitative estimate of drug-likeness (QED) is 0.234. The molecule has 0 bridgehead atoms. The van der Waals surface area contributed by atoms with Crippen LogP contribution in [0, 0.1) is 13.8 Å². The number of aliphatic hydroxyl groups excluding tert-OH is 4. The van der Waals surface area contributed by atoms with Crippen molar-refractivity contribution in [2.24, 2.45) is 0 Å². The lowest BCUT2D eigenvalue weighted by molar-refractivity contribution is -0.252. The van der Waals surface area contributed by atoms with Crippen LogP contribution in [0.25, 0.3) is 22.0 Å². The van der Waals surface area contributed by atoms with E-state index in [4.69, 9.17) is 27.9 Å². The molecule has 1 amide bonds. The van der Waals surface area contributed by atoms with E-state index in [1.54, 1.807) is 24.5 Å². The Kier molecular flexibility index (Phi) is 8.17. The summed E-state index contributed by atoms with van der Waals surface area (Å²) in [4.78, 5) is 17.9. The predicted molar refractivity (Wildman–Crippen MR) is 151 cm³/mol. The van der Waals surface area contributed by atoms with Crippen LogP contribution >= 0.6 is 23.2 Å². The summed E-state index contributed by atoms with van der Waals surface area (Å²) in [5.74, 6) is -0.581. The lowest BCUT2D eigenvalue weighted by Gasteiger charge is -2.40. The molecular formula is C29H29Cl2N3O6. The maximum atomic E-state index is 13.5. The molecule has 1 fully saturated rings. The molecule has 1 aliphatic rings. The number of aromatic nitrogens is 2. The van der Waals surface area contributed by atoms with E-state index in [0.717, 1.165) is 33.5 Å². The molecule has 2 unspecified atom stereocenters. The molecule has 1 aliphatic heterocycles. The molecule has 4 aromatic rings. The van der Waals surface area contributed by atoms with Crippen LogP contribution in [0.2, 0.25) is 10.0 Å². The van der Waals surface area contributed by atoms with Gasteiger partial charge in [-0.05, 0) is 60.4 Å². The molecule has 5 atom stereocenters. The number of fused-ring (bicyclic) bond motifs is 1. The van der Waals surface area contributed by atoms with Gasteiger partial charge < -0.3 is 35.0 Å². The zero-order valence-electron chi connectivity index (χ0n) is 21.8. The highest BCUT2D eigenvalue weighted by molar-refractivity contribution is 6.42. The van der Waals surface area contributed by atoms with E-state index < -0.39 is 43.2 Å². The fraction of sp³-hybridized carbons (Fsp3) is 0.310. The first kappa shape index (κ1) is 28.5. The number of hydrogen-bond acceptors (Lipinski definition) is 7. The number of carbonyl (C=O) groups excluding carboxylic acids is 1. The molecule has 40 heavy (non-hydrogen) atoms. The Bertz CT molecular complexity index is 1580. The van der Waals surface area contributed by atoms with Crippen LogP contribution in [0.15, 0.2) is 54.9 Å². The Morgan fingerprint density at radius 1 is 1.05 bits per heavy atom. The maximum Gasteiger partial charge on any atom is 0.253 e. The normalized spacial score (nSPS) is 22.9. The van der Waals surface area contributed by atoms with Crippen LogP contribution in [0.3, 0.4) is 0 Å². The van der Waals surface area contributed by atoms with Gasteiger partial charge in [0.1, 0.15) is 24.4 Å². The van der Waals surface area contributed by atoms with Gasteiger partial charge in [-0.25, -0.2) is 0 Å². The summed E-state index contributed by atoms with van der Waals surface area (Å²) in [5.41, 5.74) is 5.85. The summed E-state index contributed by atoms with van der Waals surface area (Å²) in [6.07, 6.45) is -2.41. The van der Waals surface area contributed by atoms with Crippen LogP contribution in [0.4, 0.5) is 0 Å². The fourth-order valence-corrected chi connectivity index (χ4v) is 5.36. The highest BCUT2D eigenvalue weighted by Gasteiger charge is 2.44. The number of benzene rings is 2. The molecule has 9 nitrogen and oxygen atoms in total.